The molecule has 150 valence electrons. The Bertz CT molecular complexity index is 1110. The summed E-state index contributed by atoms with van der Waals surface area (Å²) in [5, 5.41) is 0. The zero-order valence-corrected chi connectivity index (χ0v) is 17.0. The van der Waals surface area contributed by atoms with Crippen molar-refractivity contribution in [3.8, 4) is 0 Å². The van der Waals surface area contributed by atoms with Gasteiger partial charge in [0.15, 0.2) is 0 Å². The smallest absolute Gasteiger partial charge is 0.263 e. The molecule has 2 aromatic carbocycles. The minimum Gasteiger partial charge on any atom is -0.263 e. The first kappa shape index (κ1) is 19.4. The quantitative estimate of drug-likeness (QED) is 0.756. The van der Waals surface area contributed by atoms with E-state index in [1.807, 2.05) is 0 Å². The van der Waals surface area contributed by atoms with Crippen LogP contribution in [0.3, 0.4) is 0 Å². The van der Waals surface area contributed by atoms with Crippen LogP contribution in [0.1, 0.15) is 25.3 Å². The summed E-state index contributed by atoms with van der Waals surface area (Å²) in [7, 11) is -7.44. The molecular weight excluding hydrogens is 403 g/mol. The van der Waals surface area contributed by atoms with Gasteiger partial charge in [0.2, 0.25) is 10.0 Å². The molecule has 0 aromatic heterocycles. The minimum atomic E-state index is -3.88. The van der Waals surface area contributed by atoms with Crippen LogP contribution in [0.15, 0.2) is 52.3 Å². The standard InChI is InChI=1S/C19H21FN2O4S2/c1-14-12-15-13-18(27(23,24)21-10-2-3-11-21)8-9-19(15)22(14)28(25,26)17-6-4-16(20)5-7-17/h4-9,13-14H,2-3,10-12H2,1H3/t14-/m1/s1. The number of fused-ring (bicyclic) bond motifs is 1. The normalized spacial score (nSPS) is 20.5. The molecule has 28 heavy (non-hydrogen) atoms. The summed E-state index contributed by atoms with van der Waals surface area (Å²) in [6.07, 6.45) is 2.12. The van der Waals surface area contributed by atoms with E-state index in [1.165, 1.54) is 26.8 Å². The molecule has 2 aliphatic rings. The fourth-order valence-corrected chi connectivity index (χ4v) is 7.16. The van der Waals surface area contributed by atoms with Gasteiger partial charge in [-0.2, -0.15) is 4.31 Å². The predicted octanol–water partition coefficient (Wildman–Crippen LogP) is 2.75. The van der Waals surface area contributed by atoms with Gasteiger partial charge in [-0.05, 0) is 74.2 Å². The summed E-state index contributed by atoms with van der Waals surface area (Å²) in [5.41, 5.74) is 1.15. The Morgan fingerprint density at radius 1 is 0.893 bits per heavy atom. The summed E-state index contributed by atoms with van der Waals surface area (Å²) >= 11 is 0. The molecule has 1 atom stereocenters. The molecule has 4 rings (SSSR count). The molecule has 1 saturated heterocycles. The second kappa shape index (κ2) is 6.82. The molecule has 0 N–H and O–H groups in total. The van der Waals surface area contributed by atoms with E-state index in [0.29, 0.717) is 30.8 Å². The number of halogens is 1. The third-order valence-corrected chi connectivity index (χ3v) is 9.11. The summed E-state index contributed by atoms with van der Waals surface area (Å²) in [4.78, 5) is 0.198. The largest absolute Gasteiger partial charge is 0.264 e. The van der Waals surface area contributed by atoms with Crippen LogP contribution in [0.4, 0.5) is 10.1 Å². The van der Waals surface area contributed by atoms with Crippen LogP contribution in [0, 0.1) is 5.82 Å². The number of sulfonamides is 2. The van der Waals surface area contributed by atoms with E-state index in [1.54, 1.807) is 19.1 Å². The lowest BCUT2D eigenvalue weighted by Gasteiger charge is -2.24. The maximum atomic E-state index is 13.2. The second-order valence-corrected chi connectivity index (χ2v) is 11.0. The zero-order valence-electron chi connectivity index (χ0n) is 15.4. The molecule has 0 unspecified atom stereocenters. The van der Waals surface area contributed by atoms with Crippen molar-refractivity contribution < 1.29 is 21.2 Å². The number of hydrogen-bond donors (Lipinski definition) is 0. The summed E-state index contributed by atoms with van der Waals surface area (Å²) in [6, 6.07) is 8.94. The maximum absolute atomic E-state index is 13.2. The third kappa shape index (κ3) is 3.11. The molecule has 0 spiro atoms. The van der Waals surface area contributed by atoms with Crippen LogP contribution < -0.4 is 4.31 Å². The molecule has 2 aromatic rings. The topological polar surface area (TPSA) is 74.8 Å². The van der Waals surface area contributed by atoms with Gasteiger partial charge in [-0.1, -0.05) is 0 Å². The molecular formula is C19H21FN2O4S2. The van der Waals surface area contributed by atoms with Gasteiger partial charge in [0.25, 0.3) is 10.0 Å². The number of nitrogens with zero attached hydrogens (tertiary/aromatic N) is 2. The molecule has 2 aliphatic heterocycles. The van der Waals surface area contributed by atoms with Gasteiger partial charge < -0.3 is 0 Å². The Kier molecular flexibility index (Phi) is 4.71. The average Bonchev–Trinajstić information content (AvgIpc) is 3.29. The van der Waals surface area contributed by atoms with E-state index in [-0.39, 0.29) is 15.8 Å². The van der Waals surface area contributed by atoms with Crippen LogP contribution in [0.25, 0.3) is 0 Å². The molecule has 0 radical (unpaired) electrons. The Morgan fingerprint density at radius 2 is 1.50 bits per heavy atom. The van der Waals surface area contributed by atoms with Crippen molar-refractivity contribution in [1.82, 2.24) is 4.31 Å². The molecule has 2 heterocycles. The highest BCUT2D eigenvalue weighted by Gasteiger charge is 2.37. The van der Waals surface area contributed by atoms with Crippen LogP contribution in [-0.4, -0.2) is 40.3 Å². The van der Waals surface area contributed by atoms with E-state index < -0.39 is 25.9 Å². The first-order valence-corrected chi connectivity index (χ1v) is 12.0. The Hall–Kier alpha value is -1.97. The van der Waals surface area contributed by atoms with Gasteiger partial charge in [-0.3, -0.25) is 4.31 Å². The van der Waals surface area contributed by atoms with Crippen LogP contribution >= 0.6 is 0 Å². The average molecular weight is 425 g/mol. The zero-order chi connectivity index (χ0) is 20.1. The van der Waals surface area contributed by atoms with Crippen LogP contribution in [0.5, 0.6) is 0 Å². The number of hydrogen-bond acceptors (Lipinski definition) is 4. The third-order valence-electron chi connectivity index (χ3n) is 5.28. The monoisotopic (exact) mass is 424 g/mol. The Morgan fingerprint density at radius 3 is 2.14 bits per heavy atom. The lowest BCUT2D eigenvalue weighted by Crippen LogP contribution is -2.35. The van der Waals surface area contributed by atoms with Crippen molar-refractivity contribution in [1.29, 1.82) is 0 Å². The van der Waals surface area contributed by atoms with Gasteiger partial charge in [0.05, 0.1) is 15.5 Å². The fraction of sp³-hybridized carbons (Fsp3) is 0.368. The molecule has 1 fully saturated rings. The van der Waals surface area contributed by atoms with Gasteiger partial charge in [0, 0.05) is 19.1 Å². The van der Waals surface area contributed by atoms with Crippen LogP contribution in [-0.2, 0) is 26.5 Å². The van der Waals surface area contributed by atoms with Crippen molar-refractivity contribution >= 4 is 25.7 Å². The molecule has 9 heteroatoms. The van der Waals surface area contributed by atoms with Crippen molar-refractivity contribution in [2.45, 2.75) is 42.0 Å². The lowest BCUT2D eigenvalue weighted by atomic mass is 10.1. The highest BCUT2D eigenvalue weighted by Crippen LogP contribution is 2.38. The van der Waals surface area contributed by atoms with Gasteiger partial charge >= 0.3 is 0 Å². The highest BCUT2D eigenvalue weighted by atomic mass is 32.2. The van der Waals surface area contributed by atoms with Gasteiger partial charge in [-0.25, -0.2) is 21.2 Å². The van der Waals surface area contributed by atoms with Crippen molar-refractivity contribution in [3.05, 3.63) is 53.8 Å². The molecule has 0 saturated carbocycles. The summed E-state index contributed by atoms with van der Waals surface area (Å²) in [5.74, 6) is -0.509. The first-order chi connectivity index (χ1) is 13.2. The highest BCUT2D eigenvalue weighted by molar-refractivity contribution is 7.93. The van der Waals surface area contributed by atoms with E-state index in [9.17, 15) is 21.2 Å². The maximum Gasteiger partial charge on any atom is 0.264 e. The second-order valence-electron chi connectivity index (χ2n) is 7.21. The van der Waals surface area contributed by atoms with Crippen molar-refractivity contribution in [2.24, 2.45) is 0 Å². The molecule has 0 aliphatic carbocycles. The van der Waals surface area contributed by atoms with E-state index in [4.69, 9.17) is 0 Å². The van der Waals surface area contributed by atoms with Crippen LogP contribution in [0.2, 0.25) is 0 Å². The van der Waals surface area contributed by atoms with Gasteiger partial charge in [-0.15, -0.1) is 0 Å². The van der Waals surface area contributed by atoms with E-state index >= 15 is 0 Å². The predicted molar refractivity (Wildman–Crippen MR) is 104 cm³/mol. The number of benzene rings is 2. The molecule has 0 bridgehead atoms. The lowest BCUT2D eigenvalue weighted by molar-refractivity contribution is 0.477. The Balaban J connectivity index is 1.73. The van der Waals surface area contributed by atoms with Gasteiger partial charge in [0.1, 0.15) is 5.82 Å². The summed E-state index contributed by atoms with van der Waals surface area (Å²) < 4.78 is 67.7. The van der Waals surface area contributed by atoms with E-state index in [2.05, 4.69) is 0 Å². The SMILES string of the molecule is C[C@@H]1Cc2cc(S(=O)(=O)N3CCCC3)ccc2N1S(=O)(=O)c1ccc(F)cc1. The first-order valence-electron chi connectivity index (χ1n) is 9.14. The minimum absolute atomic E-state index is 0.00219. The van der Waals surface area contributed by atoms with E-state index in [0.717, 1.165) is 25.0 Å². The molecule has 0 amide bonds. The molecule has 6 nitrogen and oxygen atoms in total. The Labute approximate surface area is 164 Å². The number of anilines is 1. The van der Waals surface area contributed by atoms with Crippen molar-refractivity contribution in [3.63, 3.8) is 0 Å². The van der Waals surface area contributed by atoms with Crippen molar-refractivity contribution in [2.75, 3.05) is 17.4 Å². The fourth-order valence-electron chi connectivity index (χ4n) is 3.90. The summed E-state index contributed by atoms with van der Waals surface area (Å²) in [6.45, 7) is 2.80. The number of rotatable bonds is 4.